The van der Waals surface area contributed by atoms with E-state index in [1.807, 2.05) is 0 Å². The van der Waals surface area contributed by atoms with E-state index in [0.29, 0.717) is 39.7 Å². The van der Waals surface area contributed by atoms with Crippen LogP contribution in [0.4, 0.5) is 5.82 Å². The fraction of sp³-hybridized carbons (Fsp3) is 0.0952. The summed E-state index contributed by atoms with van der Waals surface area (Å²) in [6.45, 7) is 5.42. The van der Waals surface area contributed by atoms with Gasteiger partial charge in [0.1, 0.15) is 41.0 Å². The van der Waals surface area contributed by atoms with Gasteiger partial charge >= 0.3 is 0 Å². The van der Waals surface area contributed by atoms with E-state index in [1.54, 1.807) is 43.3 Å². The molecule has 0 saturated carbocycles. The van der Waals surface area contributed by atoms with Crippen LogP contribution in [0.15, 0.2) is 64.4 Å². The lowest BCUT2D eigenvalue weighted by atomic mass is 10.1. The maximum atomic E-state index is 12.7. The number of amides is 1. The van der Waals surface area contributed by atoms with Crippen LogP contribution >= 0.6 is 0 Å². The van der Waals surface area contributed by atoms with Crippen LogP contribution in [0.1, 0.15) is 27.4 Å². The Labute approximate surface area is 165 Å². The van der Waals surface area contributed by atoms with Crippen LogP contribution in [0.5, 0.6) is 5.75 Å². The summed E-state index contributed by atoms with van der Waals surface area (Å²) in [4.78, 5) is 16.8. The molecule has 0 fully saturated rings. The second-order valence-corrected chi connectivity index (χ2v) is 6.36. The molecule has 29 heavy (non-hydrogen) atoms. The molecular formula is C21H17N3O5. The molecule has 146 valence electrons. The highest BCUT2D eigenvalue weighted by atomic mass is 16.5. The number of aliphatic hydroxyl groups excluding tert-OH is 1. The highest BCUT2D eigenvalue weighted by molar-refractivity contribution is 6.06. The first-order valence-electron chi connectivity index (χ1n) is 8.71. The van der Waals surface area contributed by atoms with Crippen molar-refractivity contribution in [2.24, 2.45) is 0 Å². The normalized spacial score (nSPS) is 10.8. The van der Waals surface area contributed by atoms with Crippen LogP contribution in [-0.4, -0.2) is 21.2 Å². The summed E-state index contributed by atoms with van der Waals surface area (Å²) in [6.07, 6.45) is 2.95. The van der Waals surface area contributed by atoms with Gasteiger partial charge in [-0.05, 0) is 37.3 Å². The summed E-state index contributed by atoms with van der Waals surface area (Å²) in [7, 11) is 0. The van der Waals surface area contributed by atoms with Gasteiger partial charge in [-0.3, -0.25) is 4.79 Å². The van der Waals surface area contributed by atoms with Crippen LogP contribution in [0.25, 0.3) is 16.7 Å². The Morgan fingerprint density at radius 3 is 2.79 bits per heavy atom. The number of hydrogen-bond donors (Lipinski definition) is 2. The number of pyridine rings is 1. The highest BCUT2D eigenvalue weighted by Gasteiger charge is 2.15. The lowest BCUT2D eigenvalue weighted by Gasteiger charge is -2.09. The summed E-state index contributed by atoms with van der Waals surface area (Å²) in [5.41, 5.74) is 1.97. The summed E-state index contributed by atoms with van der Waals surface area (Å²) in [6, 6.07) is 9.98. The van der Waals surface area contributed by atoms with Crippen LogP contribution in [-0.2, 0) is 6.61 Å². The Bertz CT molecular complexity index is 1190. The zero-order valence-electron chi connectivity index (χ0n) is 15.5. The monoisotopic (exact) mass is 391 g/mol. The third-order valence-electron chi connectivity index (χ3n) is 4.19. The molecule has 1 aromatic carbocycles. The van der Waals surface area contributed by atoms with Gasteiger partial charge in [-0.2, -0.15) is 0 Å². The lowest BCUT2D eigenvalue weighted by molar-refractivity contribution is 0.102. The number of hydrogen-bond acceptors (Lipinski definition) is 7. The molecular weight excluding hydrogens is 374 g/mol. The molecule has 0 spiro atoms. The predicted molar refractivity (Wildman–Crippen MR) is 106 cm³/mol. The van der Waals surface area contributed by atoms with Gasteiger partial charge in [0.15, 0.2) is 0 Å². The van der Waals surface area contributed by atoms with Crippen molar-refractivity contribution in [2.75, 3.05) is 5.32 Å². The van der Waals surface area contributed by atoms with Gasteiger partial charge in [0.2, 0.25) is 0 Å². The van der Waals surface area contributed by atoms with Crippen LogP contribution < -0.4 is 10.1 Å². The maximum Gasteiger partial charge on any atom is 0.257 e. The molecule has 0 bridgehead atoms. The molecule has 4 rings (SSSR count). The summed E-state index contributed by atoms with van der Waals surface area (Å²) in [5, 5.41) is 16.7. The molecule has 0 radical (unpaired) electrons. The molecule has 2 N–H and O–H groups in total. The number of ether oxygens (including phenoxy) is 1. The fourth-order valence-corrected chi connectivity index (χ4v) is 2.75. The number of benzene rings is 1. The van der Waals surface area contributed by atoms with Gasteiger partial charge in [-0.25, -0.2) is 4.98 Å². The SMILES string of the molecule is C=C(O)c1ccc(NC(=O)c2cc(OCc3cc(C)on3)c3ccoc3c2)nc1. The van der Waals surface area contributed by atoms with E-state index in [9.17, 15) is 9.90 Å². The van der Waals surface area contributed by atoms with Gasteiger partial charge in [0.05, 0.1) is 11.6 Å². The molecule has 0 aliphatic heterocycles. The number of fused-ring (bicyclic) bond motifs is 1. The summed E-state index contributed by atoms with van der Waals surface area (Å²) >= 11 is 0. The lowest BCUT2D eigenvalue weighted by Crippen LogP contribution is -2.13. The Balaban J connectivity index is 1.56. The molecule has 3 heterocycles. The first-order chi connectivity index (χ1) is 14.0. The first kappa shape index (κ1) is 18.3. The van der Waals surface area contributed by atoms with E-state index in [-0.39, 0.29) is 18.3 Å². The predicted octanol–water partition coefficient (Wildman–Crippen LogP) is 4.48. The van der Waals surface area contributed by atoms with Crippen molar-refractivity contribution >= 4 is 28.5 Å². The zero-order chi connectivity index (χ0) is 20.4. The Morgan fingerprint density at radius 2 is 2.10 bits per heavy atom. The quantitative estimate of drug-likeness (QED) is 0.466. The third kappa shape index (κ3) is 3.96. The number of anilines is 1. The molecule has 0 aliphatic carbocycles. The topological polar surface area (TPSA) is 111 Å². The number of nitrogens with zero attached hydrogens (tertiary/aromatic N) is 2. The average molecular weight is 391 g/mol. The molecule has 0 saturated heterocycles. The minimum absolute atomic E-state index is 0.0947. The Morgan fingerprint density at radius 1 is 1.24 bits per heavy atom. The molecule has 8 nitrogen and oxygen atoms in total. The van der Waals surface area contributed by atoms with Gasteiger partial charge in [0, 0.05) is 23.4 Å². The molecule has 4 aromatic rings. The molecule has 0 atom stereocenters. The molecule has 1 amide bonds. The van der Waals surface area contributed by atoms with Crippen LogP contribution in [0.2, 0.25) is 0 Å². The summed E-state index contributed by atoms with van der Waals surface area (Å²) < 4.78 is 16.3. The number of furan rings is 1. The first-order valence-corrected chi connectivity index (χ1v) is 8.71. The maximum absolute atomic E-state index is 12.7. The standard InChI is InChI=1S/C21H17N3O5/c1-12-7-16(24-29-12)11-28-19-9-15(8-18-17(19)5-6-27-18)21(26)23-20-4-3-14(10-22-20)13(2)25/h3-10,25H,2,11H2,1H3,(H,22,23,26). The number of carbonyl (C=O) groups excluding carboxylic acids is 1. The van der Waals surface area contributed by atoms with Gasteiger partial charge < -0.3 is 24.1 Å². The van der Waals surface area contributed by atoms with Gasteiger partial charge in [-0.15, -0.1) is 0 Å². The van der Waals surface area contributed by atoms with Crippen molar-refractivity contribution in [3.63, 3.8) is 0 Å². The minimum Gasteiger partial charge on any atom is -0.508 e. The van der Waals surface area contributed by atoms with Crippen molar-refractivity contribution < 1.29 is 23.6 Å². The Kier molecular flexibility index (Phi) is 4.74. The Hall–Kier alpha value is -4.07. The smallest absolute Gasteiger partial charge is 0.257 e. The minimum atomic E-state index is -0.381. The summed E-state index contributed by atoms with van der Waals surface area (Å²) in [5.74, 6) is 1.03. The van der Waals surface area contributed by atoms with Crippen molar-refractivity contribution in [2.45, 2.75) is 13.5 Å². The van der Waals surface area contributed by atoms with Crippen LogP contribution in [0.3, 0.4) is 0 Å². The largest absolute Gasteiger partial charge is 0.508 e. The second-order valence-electron chi connectivity index (χ2n) is 6.36. The van der Waals surface area contributed by atoms with E-state index in [2.05, 4.69) is 22.0 Å². The van der Waals surface area contributed by atoms with Crippen molar-refractivity contribution in [3.8, 4) is 5.75 Å². The highest BCUT2D eigenvalue weighted by Crippen LogP contribution is 2.30. The van der Waals surface area contributed by atoms with Crippen molar-refractivity contribution in [3.05, 3.63) is 78.0 Å². The number of aliphatic hydroxyl groups is 1. The average Bonchev–Trinajstić information content (AvgIpc) is 3.35. The van der Waals surface area contributed by atoms with E-state index in [4.69, 9.17) is 13.7 Å². The van der Waals surface area contributed by atoms with E-state index < -0.39 is 0 Å². The molecule has 3 aromatic heterocycles. The molecule has 0 aliphatic rings. The van der Waals surface area contributed by atoms with E-state index in [1.165, 1.54) is 12.5 Å². The van der Waals surface area contributed by atoms with Crippen molar-refractivity contribution in [1.29, 1.82) is 0 Å². The number of carbonyl (C=O) groups is 1. The zero-order valence-corrected chi connectivity index (χ0v) is 15.5. The fourth-order valence-electron chi connectivity index (χ4n) is 2.75. The third-order valence-corrected chi connectivity index (χ3v) is 4.19. The number of aryl methyl sites for hydroxylation is 1. The van der Waals surface area contributed by atoms with Gasteiger partial charge in [0.25, 0.3) is 5.91 Å². The van der Waals surface area contributed by atoms with Crippen molar-refractivity contribution in [1.82, 2.24) is 10.1 Å². The van der Waals surface area contributed by atoms with Gasteiger partial charge in [-0.1, -0.05) is 11.7 Å². The van der Waals surface area contributed by atoms with Crippen LogP contribution in [0, 0.1) is 6.92 Å². The molecule has 0 unspecified atom stereocenters. The second kappa shape index (κ2) is 7.51. The number of aromatic nitrogens is 2. The number of rotatable bonds is 6. The van der Waals surface area contributed by atoms with E-state index >= 15 is 0 Å². The van der Waals surface area contributed by atoms with E-state index in [0.717, 1.165) is 5.39 Å². The number of nitrogens with one attached hydrogen (secondary N) is 1. The molecule has 8 heteroatoms.